The molecule has 0 spiro atoms. The molecule has 1 aromatic heterocycles. The van der Waals surface area contributed by atoms with E-state index in [2.05, 4.69) is 9.97 Å². The van der Waals surface area contributed by atoms with Gasteiger partial charge in [-0.25, -0.2) is 14.4 Å². The van der Waals surface area contributed by atoms with Crippen LogP contribution in [0, 0.1) is 16.3 Å². The van der Waals surface area contributed by atoms with E-state index in [4.69, 9.17) is 11.6 Å². The molecular formula is C11H7ClFIN2. The monoisotopic (exact) mass is 348 g/mol. The summed E-state index contributed by atoms with van der Waals surface area (Å²) in [6.45, 7) is 1.88. The minimum Gasteiger partial charge on any atom is -0.235 e. The molecule has 0 bridgehead atoms. The Hall–Kier alpha value is -0.750. The van der Waals surface area contributed by atoms with Crippen LogP contribution in [-0.4, -0.2) is 9.97 Å². The van der Waals surface area contributed by atoms with E-state index < -0.39 is 0 Å². The van der Waals surface area contributed by atoms with Crippen LogP contribution in [0.5, 0.6) is 0 Å². The highest BCUT2D eigenvalue weighted by molar-refractivity contribution is 14.1. The highest BCUT2D eigenvalue weighted by Gasteiger charge is 2.08. The van der Waals surface area contributed by atoms with E-state index in [1.165, 1.54) is 12.1 Å². The topological polar surface area (TPSA) is 25.8 Å². The average Bonchev–Trinajstić information content (AvgIpc) is 2.26. The van der Waals surface area contributed by atoms with Crippen molar-refractivity contribution in [2.24, 2.45) is 0 Å². The molecule has 2 nitrogen and oxygen atoms in total. The molecule has 0 aliphatic carbocycles. The molecule has 0 fully saturated rings. The van der Waals surface area contributed by atoms with Crippen molar-refractivity contribution in [3.63, 3.8) is 0 Å². The third-order valence-corrected chi connectivity index (χ3v) is 3.54. The Morgan fingerprint density at radius 1 is 1.38 bits per heavy atom. The molecule has 0 radical (unpaired) electrons. The van der Waals surface area contributed by atoms with Gasteiger partial charge in [0.25, 0.3) is 0 Å². The van der Waals surface area contributed by atoms with Gasteiger partial charge in [0.2, 0.25) is 0 Å². The van der Waals surface area contributed by atoms with Crippen LogP contribution < -0.4 is 0 Å². The van der Waals surface area contributed by atoms with Crippen molar-refractivity contribution in [1.82, 2.24) is 9.97 Å². The van der Waals surface area contributed by atoms with Crippen LogP contribution in [-0.2, 0) is 0 Å². The van der Waals surface area contributed by atoms with Gasteiger partial charge in [-0.15, -0.1) is 0 Å². The Morgan fingerprint density at radius 3 is 2.81 bits per heavy atom. The second kappa shape index (κ2) is 4.63. The second-order valence-electron chi connectivity index (χ2n) is 3.29. The van der Waals surface area contributed by atoms with E-state index in [0.717, 1.165) is 9.13 Å². The van der Waals surface area contributed by atoms with Gasteiger partial charge in [0, 0.05) is 11.8 Å². The van der Waals surface area contributed by atoms with Crippen molar-refractivity contribution in [3.8, 4) is 11.4 Å². The molecule has 0 saturated carbocycles. The SMILES string of the molecule is Cc1ccc(F)cc1-c1ncc(I)c(Cl)n1. The normalized spacial score (nSPS) is 10.5. The van der Waals surface area contributed by atoms with Crippen LogP contribution in [0.3, 0.4) is 0 Å². The van der Waals surface area contributed by atoms with Gasteiger partial charge in [-0.1, -0.05) is 17.7 Å². The lowest BCUT2D eigenvalue weighted by atomic mass is 10.1. The molecule has 5 heteroatoms. The predicted octanol–water partition coefficient (Wildman–Crippen LogP) is 3.85. The fourth-order valence-electron chi connectivity index (χ4n) is 1.31. The summed E-state index contributed by atoms with van der Waals surface area (Å²) in [4.78, 5) is 8.27. The summed E-state index contributed by atoms with van der Waals surface area (Å²) in [5, 5.41) is 0.384. The number of benzene rings is 1. The van der Waals surface area contributed by atoms with Crippen molar-refractivity contribution in [3.05, 3.63) is 44.5 Å². The first-order valence-electron chi connectivity index (χ1n) is 4.52. The molecule has 82 valence electrons. The second-order valence-corrected chi connectivity index (χ2v) is 4.81. The third kappa shape index (κ3) is 2.32. The van der Waals surface area contributed by atoms with Crippen LogP contribution in [0.25, 0.3) is 11.4 Å². The molecule has 2 aromatic rings. The van der Waals surface area contributed by atoms with Crippen LogP contribution in [0.15, 0.2) is 24.4 Å². The zero-order valence-electron chi connectivity index (χ0n) is 8.34. The fraction of sp³-hybridized carbons (Fsp3) is 0.0909. The number of nitrogens with zero attached hydrogens (tertiary/aromatic N) is 2. The van der Waals surface area contributed by atoms with Crippen LogP contribution in [0.4, 0.5) is 4.39 Å². The van der Waals surface area contributed by atoms with Gasteiger partial charge in [0.1, 0.15) is 11.0 Å². The predicted molar refractivity (Wildman–Crippen MR) is 69.9 cm³/mol. The third-order valence-electron chi connectivity index (χ3n) is 2.14. The van der Waals surface area contributed by atoms with E-state index in [9.17, 15) is 4.39 Å². The van der Waals surface area contributed by atoms with Gasteiger partial charge in [-0.05, 0) is 47.2 Å². The zero-order valence-corrected chi connectivity index (χ0v) is 11.3. The quantitative estimate of drug-likeness (QED) is 0.578. The van der Waals surface area contributed by atoms with E-state index >= 15 is 0 Å². The molecule has 0 unspecified atom stereocenters. The maximum absolute atomic E-state index is 13.1. The Labute approximate surface area is 111 Å². The van der Waals surface area contributed by atoms with Gasteiger partial charge >= 0.3 is 0 Å². The number of rotatable bonds is 1. The Bertz CT molecular complexity index is 546. The minimum absolute atomic E-state index is 0.307. The molecule has 0 aliphatic heterocycles. The maximum Gasteiger partial charge on any atom is 0.161 e. The molecule has 0 N–H and O–H groups in total. The summed E-state index contributed by atoms with van der Waals surface area (Å²) in [5.74, 6) is 0.140. The van der Waals surface area contributed by atoms with Crippen LogP contribution in [0.2, 0.25) is 5.15 Å². The molecule has 0 amide bonds. The van der Waals surface area contributed by atoms with E-state index in [-0.39, 0.29) is 5.82 Å². The van der Waals surface area contributed by atoms with Gasteiger partial charge in [-0.3, -0.25) is 0 Å². The number of halogens is 3. The molecule has 16 heavy (non-hydrogen) atoms. The smallest absolute Gasteiger partial charge is 0.161 e. The number of aromatic nitrogens is 2. The summed E-state index contributed by atoms with van der Waals surface area (Å²) in [5.41, 5.74) is 1.58. The Morgan fingerprint density at radius 2 is 2.12 bits per heavy atom. The lowest BCUT2D eigenvalue weighted by molar-refractivity contribution is 0.627. The first kappa shape index (κ1) is 11.7. The number of hydrogen-bond donors (Lipinski definition) is 0. The summed E-state index contributed by atoms with van der Waals surface area (Å²) >= 11 is 7.95. The van der Waals surface area contributed by atoms with Gasteiger partial charge in [0.15, 0.2) is 5.82 Å². The number of hydrogen-bond acceptors (Lipinski definition) is 2. The van der Waals surface area contributed by atoms with Crippen LogP contribution >= 0.6 is 34.2 Å². The summed E-state index contributed by atoms with van der Waals surface area (Å²) < 4.78 is 13.9. The standard InChI is InChI=1S/C11H7ClFIN2/c1-6-2-3-7(13)4-8(6)11-15-5-9(14)10(12)16-11/h2-5H,1H3. The van der Waals surface area contributed by atoms with Crippen LogP contribution in [0.1, 0.15) is 5.56 Å². The average molecular weight is 349 g/mol. The molecule has 1 heterocycles. The maximum atomic E-state index is 13.1. The zero-order chi connectivity index (χ0) is 11.7. The Kier molecular flexibility index (Phi) is 3.39. The molecular weight excluding hydrogens is 341 g/mol. The van der Waals surface area contributed by atoms with E-state index in [1.54, 1.807) is 12.3 Å². The minimum atomic E-state index is -0.307. The fourth-order valence-corrected chi connectivity index (χ4v) is 1.70. The van der Waals surface area contributed by atoms with Gasteiger partial charge in [-0.2, -0.15) is 0 Å². The summed E-state index contributed by atoms with van der Waals surface area (Å²) in [6, 6.07) is 4.51. The first-order chi connectivity index (χ1) is 7.58. The van der Waals surface area contributed by atoms with Crippen molar-refractivity contribution in [1.29, 1.82) is 0 Å². The van der Waals surface area contributed by atoms with Crippen molar-refractivity contribution < 1.29 is 4.39 Å². The van der Waals surface area contributed by atoms with Crippen molar-refractivity contribution in [2.75, 3.05) is 0 Å². The number of aryl methyl sites for hydroxylation is 1. The molecule has 0 saturated heterocycles. The highest BCUT2D eigenvalue weighted by Crippen LogP contribution is 2.23. The lowest BCUT2D eigenvalue weighted by Gasteiger charge is -2.05. The summed E-state index contributed by atoms with van der Waals surface area (Å²) in [7, 11) is 0. The molecule has 0 atom stereocenters. The molecule has 0 aliphatic rings. The van der Waals surface area contributed by atoms with Crippen molar-refractivity contribution in [2.45, 2.75) is 6.92 Å². The van der Waals surface area contributed by atoms with E-state index in [0.29, 0.717) is 16.5 Å². The van der Waals surface area contributed by atoms with Crippen molar-refractivity contribution >= 4 is 34.2 Å². The molecule has 2 rings (SSSR count). The largest absolute Gasteiger partial charge is 0.235 e. The molecule has 1 aromatic carbocycles. The Balaban J connectivity index is 2.58. The van der Waals surface area contributed by atoms with Gasteiger partial charge < -0.3 is 0 Å². The van der Waals surface area contributed by atoms with Gasteiger partial charge in [0.05, 0.1) is 3.57 Å². The highest BCUT2D eigenvalue weighted by atomic mass is 127. The summed E-state index contributed by atoms with van der Waals surface area (Å²) in [6.07, 6.45) is 1.62. The first-order valence-corrected chi connectivity index (χ1v) is 5.98. The van der Waals surface area contributed by atoms with E-state index in [1.807, 2.05) is 29.5 Å². The lowest BCUT2D eigenvalue weighted by Crippen LogP contribution is -1.94.